The van der Waals surface area contributed by atoms with Crippen molar-refractivity contribution in [2.45, 2.75) is 76.7 Å². The molecule has 2 aliphatic rings. The van der Waals surface area contributed by atoms with Gasteiger partial charge < -0.3 is 19.9 Å². The van der Waals surface area contributed by atoms with E-state index >= 15 is 0 Å². The van der Waals surface area contributed by atoms with Crippen LogP contribution in [0, 0.1) is 0 Å². The first-order valence-electron chi connectivity index (χ1n) is 14.8. The summed E-state index contributed by atoms with van der Waals surface area (Å²) in [5.41, 5.74) is 6.24. The standard InChI is InChI=1S/C35H42N2O4/c1-3-19-37(32-9-4-5-10-32)23-33-21-34(29-13-11-26(24-38)12-14-29)41-35(40-33)30-17-15-28(16-18-30)31-8-6-7-27(20-31)22-36-25(2)39/h3,6-8,11-18,20,32-35,38H,1,4-5,9-10,19,21-24H2,2H3,(H,36,39)/t33-,34+,35+/m0/s1. The molecule has 0 aromatic heterocycles. The summed E-state index contributed by atoms with van der Waals surface area (Å²) >= 11 is 0. The van der Waals surface area contributed by atoms with Crippen LogP contribution in [-0.4, -0.2) is 41.1 Å². The Morgan fingerprint density at radius 2 is 1.71 bits per heavy atom. The molecule has 41 heavy (non-hydrogen) atoms. The van der Waals surface area contributed by atoms with E-state index in [0.29, 0.717) is 12.6 Å². The molecule has 5 rings (SSSR count). The molecule has 1 saturated heterocycles. The van der Waals surface area contributed by atoms with Gasteiger partial charge in [-0.3, -0.25) is 9.69 Å². The third kappa shape index (κ3) is 7.72. The molecule has 1 amide bonds. The van der Waals surface area contributed by atoms with Gasteiger partial charge in [0.2, 0.25) is 5.91 Å². The summed E-state index contributed by atoms with van der Waals surface area (Å²) < 4.78 is 13.2. The molecule has 1 aliphatic carbocycles. The van der Waals surface area contributed by atoms with Crippen molar-refractivity contribution < 1.29 is 19.4 Å². The van der Waals surface area contributed by atoms with Gasteiger partial charge in [0.1, 0.15) is 0 Å². The highest BCUT2D eigenvalue weighted by molar-refractivity contribution is 5.73. The van der Waals surface area contributed by atoms with E-state index in [1.165, 1.54) is 32.6 Å². The maximum Gasteiger partial charge on any atom is 0.217 e. The largest absolute Gasteiger partial charge is 0.392 e. The van der Waals surface area contributed by atoms with Gasteiger partial charge in [0.25, 0.3) is 0 Å². The van der Waals surface area contributed by atoms with Gasteiger partial charge in [-0.25, -0.2) is 0 Å². The minimum Gasteiger partial charge on any atom is -0.392 e. The molecule has 3 aromatic carbocycles. The third-order valence-corrected chi connectivity index (χ3v) is 8.24. The van der Waals surface area contributed by atoms with E-state index in [2.05, 4.69) is 65.3 Å². The molecule has 2 N–H and O–H groups in total. The lowest BCUT2D eigenvalue weighted by Crippen LogP contribution is -2.43. The number of amides is 1. The second kappa shape index (κ2) is 14.1. The van der Waals surface area contributed by atoms with Crippen molar-refractivity contribution in [3.05, 3.63) is 108 Å². The fourth-order valence-electron chi connectivity index (χ4n) is 6.02. The van der Waals surface area contributed by atoms with Crippen LogP contribution >= 0.6 is 0 Å². The van der Waals surface area contributed by atoms with Crippen LogP contribution < -0.4 is 5.32 Å². The highest BCUT2D eigenvalue weighted by Gasteiger charge is 2.34. The van der Waals surface area contributed by atoms with Crippen LogP contribution in [0.5, 0.6) is 0 Å². The highest BCUT2D eigenvalue weighted by Crippen LogP contribution is 2.39. The van der Waals surface area contributed by atoms with Gasteiger partial charge in [0.15, 0.2) is 6.29 Å². The van der Waals surface area contributed by atoms with E-state index in [1.54, 1.807) is 0 Å². The minimum absolute atomic E-state index is 0.0157. The number of hydrogen-bond donors (Lipinski definition) is 2. The summed E-state index contributed by atoms with van der Waals surface area (Å²) in [4.78, 5) is 13.9. The summed E-state index contributed by atoms with van der Waals surface area (Å²) in [6.45, 7) is 7.80. The zero-order valence-corrected chi connectivity index (χ0v) is 24.0. The topological polar surface area (TPSA) is 71.0 Å². The van der Waals surface area contributed by atoms with Gasteiger partial charge in [-0.15, -0.1) is 6.58 Å². The van der Waals surface area contributed by atoms with Crippen LogP contribution in [0.4, 0.5) is 0 Å². The zero-order valence-electron chi connectivity index (χ0n) is 24.0. The predicted molar refractivity (Wildman–Crippen MR) is 162 cm³/mol. The number of aliphatic hydroxyl groups is 1. The van der Waals surface area contributed by atoms with E-state index in [9.17, 15) is 9.90 Å². The van der Waals surface area contributed by atoms with Crippen LogP contribution in [-0.2, 0) is 27.4 Å². The average molecular weight is 555 g/mol. The van der Waals surface area contributed by atoms with Crippen LogP contribution in [0.1, 0.15) is 73.7 Å². The van der Waals surface area contributed by atoms with E-state index in [0.717, 1.165) is 52.9 Å². The number of hydrogen-bond acceptors (Lipinski definition) is 5. The van der Waals surface area contributed by atoms with E-state index in [-0.39, 0.29) is 24.7 Å². The molecule has 6 nitrogen and oxygen atoms in total. The molecule has 0 spiro atoms. The van der Waals surface area contributed by atoms with E-state index < -0.39 is 6.29 Å². The Kier molecular flexibility index (Phi) is 10.0. The van der Waals surface area contributed by atoms with Crippen LogP contribution in [0.25, 0.3) is 11.1 Å². The molecular weight excluding hydrogens is 512 g/mol. The highest BCUT2D eigenvalue weighted by atomic mass is 16.7. The maximum atomic E-state index is 11.3. The summed E-state index contributed by atoms with van der Waals surface area (Å²) in [5.74, 6) is -0.0379. The van der Waals surface area contributed by atoms with Crippen molar-refractivity contribution >= 4 is 5.91 Å². The van der Waals surface area contributed by atoms with Crippen molar-refractivity contribution in [1.29, 1.82) is 0 Å². The Hall–Kier alpha value is -3.29. The number of nitrogens with zero attached hydrogens (tertiary/aromatic N) is 1. The predicted octanol–water partition coefficient (Wildman–Crippen LogP) is 6.46. The molecule has 2 fully saturated rings. The SMILES string of the molecule is C=CCN(C[C@@H]1C[C@H](c2ccc(CO)cc2)O[C@H](c2ccc(-c3cccc(CNC(C)=O)c3)cc2)O1)C1CCCC1. The normalized spacial score (nSPS) is 21.2. The molecule has 0 radical (unpaired) electrons. The summed E-state index contributed by atoms with van der Waals surface area (Å²) in [7, 11) is 0. The first-order valence-corrected chi connectivity index (χ1v) is 14.8. The lowest BCUT2D eigenvalue weighted by molar-refractivity contribution is -0.253. The fraction of sp³-hybridized carbons (Fsp3) is 0.400. The summed E-state index contributed by atoms with van der Waals surface area (Å²) in [6.07, 6.45) is 7.26. The molecule has 3 atom stereocenters. The molecule has 0 bridgehead atoms. The molecule has 0 unspecified atom stereocenters. The number of carbonyl (C=O) groups is 1. The monoisotopic (exact) mass is 554 g/mol. The number of benzene rings is 3. The molecule has 1 heterocycles. The van der Waals surface area contributed by atoms with E-state index in [4.69, 9.17) is 9.47 Å². The van der Waals surface area contributed by atoms with Crippen molar-refractivity contribution in [1.82, 2.24) is 10.2 Å². The summed E-state index contributed by atoms with van der Waals surface area (Å²) in [6, 6.07) is 25.3. The van der Waals surface area contributed by atoms with Crippen molar-refractivity contribution in [3.63, 3.8) is 0 Å². The third-order valence-electron chi connectivity index (χ3n) is 8.24. The van der Waals surface area contributed by atoms with Gasteiger partial charge in [0.05, 0.1) is 18.8 Å². The molecule has 216 valence electrons. The Morgan fingerprint density at radius 1 is 0.976 bits per heavy atom. The van der Waals surface area contributed by atoms with Crippen LogP contribution in [0.15, 0.2) is 85.5 Å². The molecule has 3 aromatic rings. The fourth-order valence-corrected chi connectivity index (χ4v) is 6.02. The van der Waals surface area contributed by atoms with Gasteiger partial charge in [0, 0.05) is 44.6 Å². The first kappa shape index (κ1) is 29.2. The van der Waals surface area contributed by atoms with Crippen LogP contribution in [0.3, 0.4) is 0 Å². The lowest BCUT2D eigenvalue weighted by atomic mass is 9.98. The molecule has 1 saturated carbocycles. The van der Waals surface area contributed by atoms with Gasteiger partial charge >= 0.3 is 0 Å². The Labute approximate surface area is 244 Å². The quantitative estimate of drug-likeness (QED) is 0.266. The number of aliphatic hydroxyl groups excluding tert-OH is 1. The van der Waals surface area contributed by atoms with Gasteiger partial charge in [-0.1, -0.05) is 85.6 Å². The average Bonchev–Trinajstić information content (AvgIpc) is 3.55. The first-order chi connectivity index (χ1) is 20.0. The van der Waals surface area contributed by atoms with Crippen molar-refractivity contribution in [2.24, 2.45) is 0 Å². The summed E-state index contributed by atoms with van der Waals surface area (Å²) in [5, 5.41) is 12.4. The van der Waals surface area contributed by atoms with Crippen molar-refractivity contribution in [3.8, 4) is 11.1 Å². The maximum absolute atomic E-state index is 11.3. The minimum atomic E-state index is -0.481. The molecule has 6 heteroatoms. The van der Waals surface area contributed by atoms with Crippen molar-refractivity contribution in [2.75, 3.05) is 13.1 Å². The number of ether oxygens (including phenoxy) is 2. The lowest BCUT2D eigenvalue weighted by Gasteiger charge is -2.39. The van der Waals surface area contributed by atoms with Gasteiger partial charge in [-0.2, -0.15) is 0 Å². The Bertz CT molecular complexity index is 1280. The number of nitrogens with one attached hydrogen (secondary N) is 1. The van der Waals surface area contributed by atoms with Gasteiger partial charge in [-0.05, 0) is 46.7 Å². The number of carbonyl (C=O) groups excluding carboxylic acids is 1. The second-order valence-electron chi connectivity index (χ2n) is 11.3. The van der Waals surface area contributed by atoms with Crippen LogP contribution in [0.2, 0.25) is 0 Å². The van der Waals surface area contributed by atoms with E-state index in [1.807, 2.05) is 30.3 Å². The molecule has 1 aliphatic heterocycles. The zero-order chi connectivity index (χ0) is 28.6. The molecular formula is C35H42N2O4. The Balaban J connectivity index is 1.35. The Morgan fingerprint density at radius 3 is 2.39 bits per heavy atom. The number of rotatable bonds is 11. The smallest absolute Gasteiger partial charge is 0.217 e. The second-order valence-corrected chi connectivity index (χ2v) is 11.3.